The van der Waals surface area contributed by atoms with Gasteiger partial charge in [-0.3, -0.25) is 13.8 Å². The Morgan fingerprint density at radius 1 is 0.500 bits per heavy atom. The number of phosphoric acid groups is 1. The van der Waals surface area contributed by atoms with E-state index >= 15 is 0 Å². The Morgan fingerprint density at radius 2 is 0.875 bits per heavy atom. The molecule has 1 aliphatic carbocycles. The van der Waals surface area contributed by atoms with Crippen LogP contribution in [0.25, 0.3) is 0 Å². The van der Waals surface area contributed by atoms with Crippen molar-refractivity contribution in [3.05, 3.63) is 60.8 Å². The first kappa shape index (κ1) is 60.1. The molecular weight excluding hydrogens is 836 g/mol. The first-order chi connectivity index (χ1) is 31.0. The van der Waals surface area contributed by atoms with Crippen LogP contribution in [-0.4, -0.2) is 98.9 Å². The molecule has 0 aromatic rings. The molecule has 0 aliphatic heterocycles. The van der Waals surface area contributed by atoms with E-state index in [2.05, 4.69) is 74.6 Å². The van der Waals surface area contributed by atoms with Crippen LogP contribution in [0.1, 0.15) is 194 Å². The summed E-state index contributed by atoms with van der Waals surface area (Å²) in [6.45, 7) is 4.19. The monoisotopic (exact) mass is 927 g/mol. The molecule has 0 aromatic heterocycles. The fourth-order valence-corrected chi connectivity index (χ4v) is 8.31. The van der Waals surface area contributed by atoms with E-state index in [9.17, 15) is 39.8 Å². The number of rotatable bonds is 42. The van der Waals surface area contributed by atoms with Gasteiger partial charge >= 0.3 is 13.8 Å². The van der Waals surface area contributed by atoms with E-state index in [-0.39, 0.29) is 13.0 Å². The molecule has 372 valence electrons. The summed E-state index contributed by atoms with van der Waals surface area (Å²) < 4.78 is 34.3. The topological polar surface area (TPSA) is 192 Å². The predicted molar refractivity (Wildman–Crippen MR) is 258 cm³/mol. The Morgan fingerprint density at radius 3 is 1.33 bits per heavy atom. The maximum atomic E-state index is 12.8. The zero-order chi connectivity index (χ0) is 46.9. The summed E-state index contributed by atoms with van der Waals surface area (Å²) in [6.07, 6.45) is 39.9. The van der Waals surface area contributed by atoms with Crippen LogP contribution in [0.2, 0.25) is 0 Å². The van der Waals surface area contributed by atoms with E-state index in [1.54, 1.807) is 0 Å². The Labute approximate surface area is 387 Å². The summed E-state index contributed by atoms with van der Waals surface area (Å²) in [6, 6.07) is 0. The molecule has 0 bridgehead atoms. The van der Waals surface area contributed by atoms with Gasteiger partial charge in [-0.05, 0) is 83.5 Å². The van der Waals surface area contributed by atoms with Crippen molar-refractivity contribution >= 4 is 13.8 Å². The molecule has 0 heterocycles. The van der Waals surface area contributed by atoms with Crippen molar-refractivity contribution in [2.45, 2.75) is 236 Å². The number of unbranched alkanes of at least 4 members (excludes halogenated alkanes) is 20. The molecule has 0 saturated heterocycles. The summed E-state index contributed by atoms with van der Waals surface area (Å²) in [5.41, 5.74) is 0. The number of carbonyl (C=O) groups is 1. The zero-order valence-corrected chi connectivity index (χ0v) is 40.7. The highest BCUT2D eigenvalue weighted by atomic mass is 31.2. The van der Waals surface area contributed by atoms with Crippen LogP contribution >= 0.6 is 7.82 Å². The van der Waals surface area contributed by atoms with Crippen molar-refractivity contribution in [1.29, 1.82) is 0 Å². The second-order valence-electron chi connectivity index (χ2n) is 17.3. The van der Waals surface area contributed by atoms with Crippen molar-refractivity contribution in [2.75, 3.05) is 19.8 Å². The van der Waals surface area contributed by atoms with Crippen molar-refractivity contribution in [3.8, 4) is 0 Å². The Kier molecular flexibility index (Phi) is 38.7. The minimum absolute atomic E-state index is 0.0883. The minimum atomic E-state index is -5.03. The summed E-state index contributed by atoms with van der Waals surface area (Å²) in [5.74, 6) is -0.493. The lowest BCUT2D eigenvalue weighted by atomic mass is 9.85. The number of ether oxygens (including phenoxy) is 2. The second-order valence-corrected chi connectivity index (χ2v) is 18.7. The molecule has 1 rings (SSSR count). The Balaban J connectivity index is 2.38. The summed E-state index contributed by atoms with van der Waals surface area (Å²) in [5, 5.41) is 50.3. The largest absolute Gasteiger partial charge is 0.472 e. The van der Waals surface area contributed by atoms with Crippen LogP contribution in [0.3, 0.4) is 0 Å². The molecule has 0 radical (unpaired) electrons. The highest BCUT2D eigenvalue weighted by Gasteiger charge is 2.51. The lowest BCUT2D eigenvalue weighted by Crippen LogP contribution is -2.64. The van der Waals surface area contributed by atoms with Gasteiger partial charge in [0.2, 0.25) is 0 Å². The Hall–Kier alpha value is -1.96. The molecule has 0 spiro atoms. The molecule has 0 aromatic carbocycles. The quantitative estimate of drug-likeness (QED) is 0.0147. The maximum Gasteiger partial charge on any atom is 0.472 e. The van der Waals surface area contributed by atoms with Crippen molar-refractivity contribution in [3.63, 3.8) is 0 Å². The Bertz CT molecular complexity index is 1290. The van der Waals surface area contributed by atoms with E-state index in [0.717, 1.165) is 89.9 Å². The maximum absolute atomic E-state index is 12.8. The van der Waals surface area contributed by atoms with Gasteiger partial charge in [-0.2, -0.15) is 0 Å². The lowest BCUT2D eigenvalue weighted by molar-refractivity contribution is -0.220. The lowest BCUT2D eigenvalue weighted by Gasteiger charge is -2.41. The van der Waals surface area contributed by atoms with Gasteiger partial charge in [0.15, 0.2) is 0 Å². The highest BCUT2D eigenvalue weighted by Crippen LogP contribution is 2.47. The third-order valence-electron chi connectivity index (χ3n) is 11.4. The standard InChI is InChI=1S/C51H91O12P/c1-3-5-7-9-11-13-15-17-19-21-23-24-26-28-30-32-34-36-38-40-45(52)62-44(43-61-64(58,59)63-51-49(56)47(54)46(53)48(55)50(51)57)42-60-41-39-37-35-33-31-29-27-25-22-20-18-16-14-12-10-8-6-4-2/h11-14,17-20,23-24,44,46-51,53-57H,3-10,15-16,21-22,25-43H2,1-2H3,(H,58,59)/b13-11-,14-12-,19-17-,20-18-,24-23-. The van der Waals surface area contributed by atoms with Crippen LogP contribution in [0.5, 0.6) is 0 Å². The molecule has 6 unspecified atom stereocenters. The molecular formula is C51H91O12P. The van der Waals surface area contributed by atoms with E-state index < -0.39 is 63.1 Å². The minimum Gasteiger partial charge on any atom is -0.457 e. The third-order valence-corrected chi connectivity index (χ3v) is 12.3. The number of aliphatic hydroxyl groups is 5. The summed E-state index contributed by atoms with van der Waals surface area (Å²) >= 11 is 0. The smallest absolute Gasteiger partial charge is 0.457 e. The first-order valence-electron chi connectivity index (χ1n) is 25.1. The molecule has 1 saturated carbocycles. The van der Waals surface area contributed by atoms with Gasteiger partial charge in [0.25, 0.3) is 0 Å². The zero-order valence-electron chi connectivity index (χ0n) is 39.8. The number of hydrogen-bond acceptors (Lipinski definition) is 11. The molecule has 1 aliphatic rings. The molecule has 12 nitrogen and oxygen atoms in total. The van der Waals surface area contributed by atoms with E-state index in [0.29, 0.717) is 13.0 Å². The van der Waals surface area contributed by atoms with Gasteiger partial charge in [-0.15, -0.1) is 0 Å². The van der Waals surface area contributed by atoms with Gasteiger partial charge in [-0.25, -0.2) is 4.57 Å². The number of esters is 1. The van der Waals surface area contributed by atoms with Crippen LogP contribution < -0.4 is 0 Å². The number of hydrogen-bond donors (Lipinski definition) is 6. The number of allylic oxidation sites excluding steroid dienone is 10. The SMILES string of the molecule is CCCCC/C=C\C/C=C\C/C=C\CCCCCCCCC(=O)OC(COCCCCCCCCCC/C=C\C/C=C\CCCCC)COP(=O)(O)OC1C(O)C(O)C(O)C(O)C1O. The van der Waals surface area contributed by atoms with E-state index in [4.69, 9.17) is 18.5 Å². The van der Waals surface area contributed by atoms with E-state index in [1.807, 2.05) is 0 Å². The van der Waals surface area contributed by atoms with Gasteiger partial charge in [-0.1, -0.05) is 164 Å². The van der Waals surface area contributed by atoms with Gasteiger partial charge in [0.1, 0.15) is 42.7 Å². The first-order valence-corrected chi connectivity index (χ1v) is 26.6. The van der Waals surface area contributed by atoms with Crippen LogP contribution in [0, 0.1) is 0 Å². The normalized spacial score (nSPS) is 22.2. The highest BCUT2D eigenvalue weighted by molar-refractivity contribution is 7.47. The van der Waals surface area contributed by atoms with Crippen LogP contribution in [-0.2, 0) is 27.9 Å². The second kappa shape index (κ2) is 41.2. The molecule has 1 fully saturated rings. The van der Waals surface area contributed by atoms with Crippen molar-refractivity contribution in [1.82, 2.24) is 0 Å². The van der Waals surface area contributed by atoms with Gasteiger partial charge < -0.3 is 39.9 Å². The third kappa shape index (κ3) is 32.7. The predicted octanol–water partition coefficient (Wildman–Crippen LogP) is 11.0. The van der Waals surface area contributed by atoms with Crippen LogP contribution in [0.15, 0.2) is 60.8 Å². The van der Waals surface area contributed by atoms with Gasteiger partial charge in [0.05, 0.1) is 13.2 Å². The number of aliphatic hydroxyl groups excluding tert-OH is 5. The molecule has 64 heavy (non-hydrogen) atoms. The average Bonchev–Trinajstić information content (AvgIpc) is 3.28. The fraction of sp³-hybridized carbons (Fsp3) is 0.784. The summed E-state index contributed by atoms with van der Waals surface area (Å²) in [7, 11) is -5.03. The molecule has 0 amide bonds. The molecule has 6 N–H and O–H groups in total. The average molecular weight is 927 g/mol. The molecule has 13 heteroatoms. The van der Waals surface area contributed by atoms with E-state index in [1.165, 1.54) is 77.0 Å². The number of carbonyl (C=O) groups excluding carboxylic acids is 1. The number of phosphoric ester groups is 1. The van der Waals surface area contributed by atoms with Gasteiger partial charge in [0, 0.05) is 13.0 Å². The van der Waals surface area contributed by atoms with Crippen molar-refractivity contribution in [2.24, 2.45) is 0 Å². The summed E-state index contributed by atoms with van der Waals surface area (Å²) in [4.78, 5) is 23.2. The van der Waals surface area contributed by atoms with Crippen molar-refractivity contribution < 1.29 is 58.3 Å². The van der Waals surface area contributed by atoms with Crippen LogP contribution in [0.4, 0.5) is 0 Å². The molecule has 6 atom stereocenters. The fourth-order valence-electron chi connectivity index (χ4n) is 7.33.